The highest BCUT2D eigenvalue weighted by molar-refractivity contribution is 7.98. The number of hydrogen-bond acceptors (Lipinski definition) is 4. The van der Waals surface area contributed by atoms with Gasteiger partial charge in [0.2, 0.25) is 0 Å². The normalized spacial score (nSPS) is 10.5. The standard InChI is InChI=1S/C18H16N2OS2/c1-12-15(8-9-16(19-12)17-7-4-10-23-17)18(21)20-13-5-3-6-14(11-13)22-2/h3-11H,1-2H3,(H,20,21). The predicted octanol–water partition coefficient (Wildman–Crippen LogP) is 5.09. The molecule has 0 saturated heterocycles. The molecular weight excluding hydrogens is 324 g/mol. The van der Waals surface area contributed by atoms with Crippen LogP contribution in [0, 0.1) is 6.92 Å². The van der Waals surface area contributed by atoms with Crippen LogP contribution in [0.25, 0.3) is 10.6 Å². The molecule has 3 aromatic rings. The first-order valence-corrected chi connectivity index (χ1v) is 9.25. The van der Waals surface area contributed by atoms with Gasteiger partial charge in [-0.1, -0.05) is 12.1 Å². The lowest BCUT2D eigenvalue weighted by atomic mass is 10.1. The van der Waals surface area contributed by atoms with Crippen LogP contribution in [0.15, 0.2) is 58.8 Å². The molecule has 1 amide bonds. The molecular formula is C18H16N2OS2. The van der Waals surface area contributed by atoms with Crippen molar-refractivity contribution < 1.29 is 4.79 Å². The highest BCUT2D eigenvalue weighted by atomic mass is 32.2. The Balaban J connectivity index is 1.82. The van der Waals surface area contributed by atoms with Gasteiger partial charge in [-0.2, -0.15) is 0 Å². The second-order valence-corrected chi connectivity index (χ2v) is 6.82. The van der Waals surface area contributed by atoms with Crippen molar-refractivity contribution >= 4 is 34.7 Å². The zero-order valence-corrected chi connectivity index (χ0v) is 14.5. The zero-order chi connectivity index (χ0) is 16.2. The average molecular weight is 340 g/mol. The molecule has 3 nitrogen and oxygen atoms in total. The minimum absolute atomic E-state index is 0.133. The highest BCUT2D eigenvalue weighted by Crippen LogP contribution is 2.24. The van der Waals surface area contributed by atoms with Crippen LogP contribution < -0.4 is 5.32 Å². The van der Waals surface area contributed by atoms with Crippen LogP contribution in [0.5, 0.6) is 0 Å². The minimum atomic E-state index is -0.133. The third kappa shape index (κ3) is 3.63. The number of hydrogen-bond donors (Lipinski definition) is 1. The van der Waals surface area contributed by atoms with Gasteiger partial charge < -0.3 is 5.32 Å². The van der Waals surface area contributed by atoms with E-state index in [4.69, 9.17) is 0 Å². The van der Waals surface area contributed by atoms with E-state index in [9.17, 15) is 4.79 Å². The number of benzene rings is 1. The number of carbonyl (C=O) groups excluding carboxylic acids is 1. The third-order valence-corrected chi connectivity index (χ3v) is 5.05. The summed E-state index contributed by atoms with van der Waals surface area (Å²) in [6.45, 7) is 1.87. The van der Waals surface area contributed by atoms with E-state index in [1.54, 1.807) is 23.1 Å². The number of anilines is 1. The van der Waals surface area contributed by atoms with Crippen LogP contribution in [0.1, 0.15) is 16.1 Å². The predicted molar refractivity (Wildman–Crippen MR) is 98.5 cm³/mol. The minimum Gasteiger partial charge on any atom is -0.322 e. The maximum Gasteiger partial charge on any atom is 0.257 e. The van der Waals surface area contributed by atoms with Gasteiger partial charge in [0.05, 0.1) is 21.8 Å². The van der Waals surface area contributed by atoms with Crippen molar-refractivity contribution in [2.24, 2.45) is 0 Å². The van der Waals surface area contributed by atoms with Gasteiger partial charge in [0.25, 0.3) is 5.91 Å². The number of nitrogens with one attached hydrogen (secondary N) is 1. The third-order valence-electron chi connectivity index (χ3n) is 3.43. The van der Waals surface area contributed by atoms with Gasteiger partial charge in [0.15, 0.2) is 0 Å². The first-order chi connectivity index (χ1) is 11.2. The molecule has 0 bridgehead atoms. The molecule has 0 aliphatic rings. The van der Waals surface area contributed by atoms with Crippen molar-refractivity contribution in [3.63, 3.8) is 0 Å². The number of rotatable bonds is 4. The van der Waals surface area contributed by atoms with Gasteiger partial charge in [-0.25, -0.2) is 0 Å². The molecule has 2 heterocycles. The monoisotopic (exact) mass is 340 g/mol. The van der Waals surface area contributed by atoms with Gasteiger partial charge in [-0.3, -0.25) is 9.78 Å². The van der Waals surface area contributed by atoms with Crippen LogP contribution in [-0.4, -0.2) is 17.1 Å². The Hall–Kier alpha value is -2.11. The van der Waals surface area contributed by atoms with E-state index in [-0.39, 0.29) is 5.91 Å². The number of nitrogens with zero attached hydrogens (tertiary/aromatic N) is 1. The molecule has 0 aliphatic heterocycles. The molecule has 1 N–H and O–H groups in total. The van der Waals surface area contributed by atoms with Crippen molar-refractivity contribution in [2.75, 3.05) is 11.6 Å². The lowest BCUT2D eigenvalue weighted by molar-refractivity contribution is 0.102. The summed E-state index contributed by atoms with van der Waals surface area (Å²) in [6, 6.07) is 15.6. The first kappa shape index (κ1) is 15.8. The van der Waals surface area contributed by atoms with E-state index in [1.165, 1.54) is 0 Å². The Morgan fingerprint density at radius 3 is 2.74 bits per heavy atom. The van der Waals surface area contributed by atoms with Crippen LogP contribution in [0.4, 0.5) is 5.69 Å². The number of carbonyl (C=O) groups is 1. The fraction of sp³-hybridized carbons (Fsp3) is 0.111. The summed E-state index contributed by atoms with van der Waals surface area (Å²) in [4.78, 5) is 19.3. The second kappa shape index (κ2) is 6.98. The number of pyridine rings is 1. The molecule has 116 valence electrons. The lowest BCUT2D eigenvalue weighted by Gasteiger charge is -2.09. The topological polar surface area (TPSA) is 42.0 Å². The van der Waals surface area contributed by atoms with Crippen molar-refractivity contribution in [2.45, 2.75) is 11.8 Å². The number of aryl methyl sites for hydroxylation is 1. The lowest BCUT2D eigenvalue weighted by Crippen LogP contribution is -2.14. The molecule has 0 unspecified atom stereocenters. The van der Waals surface area contributed by atoms with Gasteiger partial charge in [-0.05, 0) is 55.0 Å². The SMILES string of the molecule is CSc1cccc(NC(=O)c2ccc(-c3cccs3)nc2C)c1. The Morgan fingerprint density at radius 2 is 2.04 bits per heavy atom. The summed E-state index contributed by atoms with van der Waals surface area (Å²) < 4.78 is 0. The Labute approximate surface area is 143 Å². The molecule has 5 heteroatoms. The fourth-order valence-corrected chi connectivity index (χ4v) is 3.42. The van der Waals surface area contributed by atoms with E-state index in [1.807, 2.05) is 67.1 Å². The van der Waals surface area contributed by atoms with E-state index >= 15 is 0 Å². The zero-order valence-electron chi connectivity index (χ0n) is 12.9. The molecule has 2 aromatic heterocycles. The van der Waals surface area contributed by atoms with E-state index in [0.29, 0.717) is 5.56 Å². The van der Waals surface area contributed by atoms with Gasteiger partial charge in [0.1, 0.15) is 0 Å². The Bertz CT molecular complexity index is 829. The van der Waals surface area contributed by atoms with Crippen molar-refractivity contribution in [3.05, 3.63) is 65.2 Å². The maximum atomic E-state index is 12.5. The summed E-state index contributed by atoms with van der Waals surface area (Å²) in [5, 5.41) is 4.96. The molecule has 0 saturated carbocycles. The van der Waals surface area contributed by atoms with Crippen molar-refractivity contribution in [1.82, 2.24) is 4.98 Å². The Morgan fingerprint density at radius 1 is 1.17 bits per heavy atom. The second-order valence-electron chi connectivity index (χ2n) is 4.99. The number of thiophene rings is 1. The summed E-state index contributed by atoms with van der Waals surface area (Å²) in [7, 11) is 0. The van der Waals surface area contributed by atoms with Crippen LogP contribution in [0.3, 0.4) is 0 Å². The number of amides is 1. The molecule has 0 aliphatic carbocycles. The molecule has 0 fully saturated rings. The van der Waals surface area contributed by atoms with Crippen LogP contribution in [-0.2, 0) is 0 Å². The average Bonchev–Trinajstić information content (AvgIpc) is 3.09. The van der Waals surface area contributed by atoms with Gasteiger partial charge in [-0.15, -0.1) is 23.1 Å². The summed E-state index contributed by atoms with van der Waals surface area (Å²) in [5.74, 6) is -0.133. The van der Waals surface area contributed by atoms with Gasteiger partial charge >= 0.3 is 0 Å². The van der Waals surface area contributed by atoms with Crippen LogP contribution >= 0.6 is 23.1 Å². The van der Waals surface area contributed by atoms with E-state index in [2.05, 4.69) is 10.3 Å². The molecule has 0 spiro atoms. The largest absolute Gasteiger partial charge is 0.322 e. The van der Waals surface area contributed by atoms with E-state index in [0.717, 1.165) is 26.8 Å². The first-order valence-electron chi connectivity index (χ1n) is 7.14. The summed E-state index contributed by atoms with van der Waals surface area (Å²) in [5.41, 5.74) is 3.02. The molecule has 0 radical (unpaired) electrons. The molecule has 0 atom stereocenters. The summed E-state index contributed by atoms with van der Waals surface area (Å²) >= 11 is 3.29. The van der Waals surface area contributed by atoms with Crippen LogP contribution in [0.2, 0.25) is 0 Å². The highest BCUT2D eigenvalue weighted by Gasteiger charge is 2.12. The fourth-order valence-electron chi connectivity index (χ4n) is 2.26. The Kier molecular flexibility index (Phi) is 4.79. The van der Waals surface area contributed by atoms with Crippen molar-refractivity contribution in [1.29, 1.82) is 0 Å². The number of aromatic nitrogens is 1. The van der Waals surface area contributed by atoms with Gasteiger partial charge in [0, 0.05) is 10.6 Å². The van der Waals surface area contributed by atoms with E-state index < -0.39 is 0 Å². The van der Waals surface area contributed by atoms with Crippen molar-refractivity contribution in [3.8, 4) is 10.6 Å². The quantitative estimate of drug-likeness (QED) is 0.672. The molecule has 23 heavy (non-hydrogen) atoms. The summed E-state index contributed by atoms with van der Waals surface area (Å²) in [6.07, 6.45) is 2.01. The maximum absolute atomic E-state index is 12.5. The number of thioether (sulfide) groups is 1. The smallest absolute Gasteiger partial charge is 0.257 e. The molecule has 1 aromatic carbocycles. The molecule has 3 rings (SSSR count).